The summed E-state index contributed by atoms with van der Waals surface area (Å²) in [5.41, 5.74) is 5.81. The number of methoxy groups -OCH3 is 1. The van der Waals surface area contributed by atoms with Crippen LogP contribution in [0.1, 0.15) is 28.7 Å². The fourth-order valence-electron chi connectivity index (χ4n) is 4.63. The molecule has 6 nitrogen and oxygen atoms in total. The molecule has 1 fully saturated rings. The number of aliphatic hydroxyl groups is 1. The van der Waals surface area contributed by atoms with Crippen LogP contribution in [0.3, 0.4) is 0 Å². The van der Waals surface area contributed by atoms with Gasteiger partial charge in [0.25, 0.3) is 0 Å². The molecular formula is C27H34N4O2. The van der Waals surface area contributed by atoms with Gasteiger partial charge in [-0.05, 0) is 43.5 Å². The van der Waals surface area contributed by atoms with E-state index in [0.29, 0.717) is 6.04 Å². The lowest BCUT2D eigenvalue weighted by Gasteiger charge is -2.41. The highest BCUT2D eigenvalue weighted by Crippen LogP contribution is 2.23. The Labute approximate surface area is 196 Å². The quantitative estimate of drug-likeness (QED) is 0.567. The van der Waals surface area contributed by atoms with Gasteiger partial charge in [-0.3, -0.25) is 9.80 Å². The SMILES string of the molecule is COc1ccc(CN2CCN(Cc3cnc(-c4cccc(C)c4)nc3)C[C@H]2CCO)cc1C. The highest BCUT2D eigenvalue weighted by Gasteiger charge is 2.27. The van der Waals surface area contributed by atoms with E-state index < -0.39 is 0 Å². The number of benzene rings is 2. The topological polar surface area (TPSA) is 61.7 Å². The fraction of sp³-hybridized carbons (Fsp3) is 0.407. The number of aromatic nitrogens is 2. The molecule has 174 valence electrons. The van der Waals surface area contributed by atoms with Crippen LogP contribution in [-0.2, 0) is 13.1 Å². The molecule has 2 heterocycles. The van der Waals surface area contributed by atoms with Gasteiger partial charge < -0.3 is 9.84 Å². The summed E-state index contributed by atoms with van der Waals surface area (Å²) in [7, 11) is 1.71. The number of piperazine rings is 1. The summed E-state index contributed by atoms with van der Waals surface area (Å²) in [5.74, 6) is 1.69. The molecule has 2 aromatic carbocycles. The maximum atomic E-state index is 9.67. The van der Waals surface area contributed by atoms with Crippen molar-refractivity contribution in [3.63, 3.8) is 0 Å². The smallest absolute Gasteiger partial charge is 0.159 e. The summed E-state index contributed by atoms with van der Waals surface area (Å²) in [6.07, 6.45) is 4.66. The zero-order valence-electron chi connectivity index (χ0n) is 19.9. The van der Waals surface area contributed by atoms with E-state index >= 15 is 0 Å². The summed E-state index contributed by atoms with van der Waals surface area (Å²) in [4.78, 5) is 14.1. The molecule has 1 atom stereocenters. The Balaban J connectivity index is 1.38. The lowest BCUT2D eigenvalue weighted by atomic mass is 10.0. The van der Waals surface area contributed by atoms with E-state index in [9.17, 15) is 5.11 Å². The Morgan fingerprint density at radius 2 is 1.82 bits per heavy atom. The van der Waals surface area contributed by atoms with E-state index in [1.165, 1.54) is 11.1 Å². The number of hydrogen-bond donors (Lipinski definition) is 1. The number of hydrogen-bond acceptors (Lipinski definition) is 6. The standard InChI is InChI=1S/C27H34N4O2/c1-20-5-4-6-24(13-20)27-28-15-23(16-29-27)17-30-10-11-31(25(19-30)9-12-32)18-22-7-8-26(33-3)21(2)14-22/h4-8,13-16,25,32H,9-12,17-19H2,1-3H3/t25-/m1/s1. The molecule has 0 aliphatic carbocycles. The minimum atomic E-state index is 0.199. The lowest BCUT2D eigenvalue weighted by Crippen LogP contribution is -2.52. The minimum absolute atomic E-state index is 0.199. The van der Waals surface area contributed by atoms with E-state index in [1.807, 2.05) is 30.6 Å². The molecule has 1 aromatic heterocycles. The predicted octanol–water partition coefficient (Wildman–Crippen LogP) is 3.84. The highest BCUT2D eigenvalue weighted by atomic mass is 16.5. The van der Waals surface area contributed by atoms with Crippen LogP contribution in [0, 0.1) is 13.8 Å². The number of aliphatic hydroxyl groups excluding tert-OH is 1. The molecule has 1 aliphatic heterocycles. The average molecular weight is 447 g/mol. The van der Waals surface area contributed by atoms with Crippen LogP contribution in [0.4, 0.5) is 0 Å². The molecule has 6 heteroatoms. The summed E-state index contributed by atoms with van der Waals surface area (Å²) in [6, 6.07) is 15.0. The Bertz CT molecular complexity index is 1050. The molecule has 0 spiro atoms. The van der Waals surface area contributed by atoms with Crippen molar-refractivity contribution in [2.75, 3.05) is 33.4 Å². The van der Waals surface area contributed by atoms with Gasteiger partial charge in [0.15, 0.2) is 5.82 Å². The van der Waals surface area contributed by atoms with E-state index in [4.69, 9.17) is 4.74 Å². The van der Waals surface area contributed by atoms with Gasteiger partial charge in [0.1, 0.15) is 5.75 Å². The van der Waals surface area contributed by atoms with Gasteiger partial charge in [-0.2, -0.15) is 0 Å². The second-order valence-corrected chi connectivity index (χ2v) is 8.96. The first kappa shape index (κ1) is 23.4. The van der Waals surface area contributed by atoms with E-state index in [1.54, 1.807) is 7.11 Å². The van der Waals surface area contributed by atoms with Gasteiger partial charge in [0.2, 0.25) is 0 Å². The first-order valence-electron chi connectivity index (χ1n) is 11.6. The van der Waals surface area contributed by atoms with Crippen molar-refractivity contribution in [1.29, 1.82) is 0 Å². The van der Waals surface area contributed by atoms with Crippen LogP contribution in [-0.4, -0.2) is 64.3 Å². The number of aryl methyl sites for hydroxylation is 2. The largest absolute Gasteiger partial charge is 0.496 e. The van der Waals surface area contributed by atoms with Crippen molar-refractivity contribution in [3.05, 3.63) is 77.1 Å². The van der Waals surface area contributed by atoms with Gasteiger partial charge in [-0.15, -0.1) is 0 Å². The Kier molecular flexibility index (Phi) is 7.70. The third-order valence-corrected chi connectivity index (χ3v) is 6.38. The first-order chi connectivity index (χ1) is 16.1. The average Bonchev–Trinajstić information content (AvgIpc) is 2.81. The van der Waals surface area contributed by atoms with E-state index in [0.717, 1.165) is 67.4 Å². The van der Waals surface area contributed by atoms with Crippen LogP contribution in [0.5, 0.6) is 5.75 Å². The van der Waals surface area contributed by atoms with Gasteiger partial charge >= 0.3 is 0 Å². The molecule has 4 rings (SSSR count). The third kappa shape index (κ3) is 5.96. The van der Waals surface area contributed by atoms with Crippen LogP contribution >= 0.6 is 0 Å². The van der Waals surface area contributed by atoms with Crippen LogP contribution in [0.25, 0.3) is 11.4 Å². The molecule has 0 saturated carbocycles. The molecular weight excluding hydrogens is 412 g/mol. The third-order valence-electron chi connectivity index (χ3n) is 6.38. The normalized spacial score (nSPS) is 17.3. The van der Waals surface area contributed by atoms with E-state index in [2.05, 4.69) is 57.9 Å². The van der Waals surface area contributed by atoms with Gasteiger partial charge in [-0.1, -0.05) is 35.9 Å². The molecule has 33 heavy (non-hydrogen) atoms. The van der Waals surface area contributed by atoms with Gasteiger partial charge in [-0.25, -0.2) is 9.97 Å². The second-order valence-electron chi connectivity index (χ2n) is 8.96. The molecule has 0 unspecified atom stereocenters. The number of nitrogens with zero attached hydrogens (tertiary/aromatic N) is 4. The van der Waals surface area contributed by atoms with Crippen molar-refractivity contribution < 1.29 is 9.84 Å². The van der Waals surface area contributed by atoms with Crippen LogP contribution < -0.4 is 4.74 Å². The molecule has 0 amide bonds. The van der Waals surface area contributed by atoms with Gasteiger partial charge in [0.05, 0.1) is 7.11 Å². The molecule has 1 aliphatic rings. The molecule has 0 bridgehead atoms. The molecule has 3 aromatic rings. The minimum Gasteiger partial charge on any atom is -0.496 e. The van der Waals surface area contributed by atoms with Gasteiger partial charge in [0, 0.05) is 68.9 Å². The number of rotatable bonds is 8. The van der Waals surface area contributed by atoms with Crippen molar-refractivity contribution in [3.8, 4) is 17.1 Å². The second kappa shape index (κ2) is 10.9. The summed E-state index contributed by atoms with van der Waals surface area (Å²) in [6.45, 7) is 8.95. The monoisotopic (exact) mass is 446 g/mol. The first-order valence-corrected chi connectivity index (χ1v) is 11.6. The number of ether oxygens (including phenoxy) is 1. The van der Waals surface area contributed by atoms with Crippen LogP contribution in [0.15, 0.2) is 54.9 Å². The molecule has 0 radical (unpaired) electrons. The zero-order valence-corrected chi connectivity index (χ0v) is 19.9. The Morgan fingerprint density at radius 1 is 1.00 bits per heavy atom. The van der Waals surface area contributed by atoms with Crippen molar-refractivity contribution in [2.24, 2.45) is 0 Å². The van der Waals surface area contributed by atoms with E-state index in [-0.39, 0.29) is 6.61 Å². The van der Waals surface area contributed by atoms with Crippen molar-refractivity contribution in [1.82, 2.24) is 19.8 Å². The summed E-state index contributed by atoms with van der Waals surface area (Å²) >= 11 is 0. The van der Waals surface area contributed by atoms with Crippen molar-refractivity contribution >= 4 is 0 Å². The zero-order chi connectivity index (χ0) is 23.2. The maximum Gasteiger partial charge on any atom is 0.159 e. The van der Waals surface area contributed by atoms with Crippen LogP contribution in [0.2, 0.25) is 0 Å². The summed E-state index contributed by atoms with van der Waals surface area (Å²) < 4.78 is 5.39. The van der Waals surface area contributed by atoms with Crippen molar-refractivity contribution in [2.45, 2.75) is 39.4 Å². The Hall–Kier alpha value is -2.80. The Morgan fingerprint density at radius 3 is 2.52 bits per heavy atom. The molecule has 1 N–H and O–H groups in total. The maximum absolute atomic E-state index is 9.67. The molecule has 1 saturated heterocycles. The predicted molar refractivity (Wildman–Crippen MR) is 131 cm³/mol. The fourth-order valence-corrected chi connectivity index (χ4v) is 4.63. The summed E-state index contributed by atoms with van der Waals surface area (Å²) in [5, 5.41) is 9.67. The lowest BCUT2D eigenvalue weighted by molar-refractivity contribution is 0.0499. The highest BCUT2D eigenvalue weighted by molar-refractivity contribution is 5.55.